The molecule has 0 bridgehead atoms. The van der Waals surface area contributed by atoms with Gasteiger partial charge in [0.15, 0.2) is 7.28 Å². The molecule has 0 saturated heterocycles. The molecule has 0 rings (SSSR count). The second-order valence-electron chi connectivity index (χ2n) is 2.82. The Kier molecular flexibility index (Phi) is 7.25. The van der Waals surface area contributed by atoms with Crippen LogP contribution in [0.1, 0.15) is 6.92 Å². The summed E-state index contributed by atoms with van der Waals surface area (Å²) in [5.74, 6) is 0. The van der Waals surface area contributed by atoms with Gasteiger partial charge < -0.3 is 0 Å². The molecular formula is C13H17B. The van der Waals surface area contributed by atoms with E-state index in [4.69, 9.17) is 0 Å². The fourth-order valence-electron chi connectivity index (χ4n) is 1.04. The van der Waals surface area contributed by atoms with E-state index in [1.807, 2.05) is 31.2 Å². The number of hydrogen-bond acceptors (Lipinski definition) is 0. The third-order valence-corrected chi connectivity index (χ3v) is 1.82. The zero-order chi connectivity index (χ0) is 10.8. The summed E-state index contributed by atoms with van der Waals surface area (Å²) >= 11 is 0. The van der Waals surface area contributed by atoms with Crippen molar-refractivity contribution in [2.75, 3.05) is 0 Å². The van der Waals surface area contributed by atoms with Gasteiger partial charge in [-0.05, 0) is 6.92 Å². The van der Waals surface area contributed by atoms with Gasteiger partial charge in [0.25, 0.3) is 0 Å². The van der Waals surface area contributed by atoms with E-state index >= 15 is 0 Å². The van der Waals surface area contributed by atoms with E-state index in [9.17, 15) is 0 Å². The Labute approximate surface area is 88.0 Å². The highest BCUT2D eigenvalue weighted by Gasteiger charge is 1.96. The first-order valence-corrected chi connectivity index (χ1v) is 4.66. The second kappa shape index (κ2) is 8.12. The third-order valence-electron chi connectivity index (χ3n) is 1.82. The van der Waals surface area contributed by atoms with Crippen molar-refractivity contribution in [1.29, 1.82) is 0 Å². The van der Waals surface area contributed by atoms with Gasteiger partial charge in [0.05, 0.1) is 0 Å². The molecule has 0 atom stereocenters. The second-order valence-corrected chi connectivity index (χ2v) is 2.82. The molecule has 1 heteroatoms. The van der Waals surface area contributed by atoms with Gasteiger partial charge in [0.1, 0.15) is 0 Å². The first-order chi connectivity index (χ1) is 6.78. The molecule has 14 heavy (non-hydrogen) atoms. The van der Waals surface area contributed by atoms with Gasteiger partial charge >= 0.3 is 0 Å². The van der Waals surface area contributed by atoms with Gasteiger partial charge in [0.2, 0.25) is 0 Å². The van der Waals surface area contributed by atoms with Crippen LogP contribution in [0, 0.1) is 0 Å². The molecular weight excluding hydrogens is 167 g/mol. The zero-order valence-corrected chi connectivity index (χ0v) is 8.87. The highest BCUT2D eigenvalue weighted by Crippen LogP contribution is 2.03. The SMILES string of the molecule is C=C/C=C\C(B/C(C=C)=C/C)=C/C=C. The lowest BCUT2D eigenvalue weighted by atomic mass is 9.62. The molecule has 0 spiro atoms. The molecule has 0 amide bonds. The maximum Gasteiger partial charge on any atom is 0.191 e. The molecule has 0 N–H and O–H groups in total. The molecule has 0 aromatic rings. The number of rotatable bonds is 6. The Bertz CT molecular complexity index is 290. The van der Waals surface area contributed by atoms with Crippen LogP contribution in [0.2, 0.25) is 0 Å². The van der Waals surface area contributed by atoms with E-state index in [0.717, 1.165) is 7.28 Å². The molecule has 0 aromatic carbocycles. The lowest BCUT2D eigenvalue weighted by molar-refractivity contribution is 1.68. The Morgan fingerprint density at radius 1 is 1.07 bits per heavy atom. The summed E-state index contributed by atoms with van der Waals surface area (Å²) in [6, 6.07) is 0. The predicted molar refractivity (Wildman–Crippen MR) is 68.7 cm³/mol. The number of hydrogen-bond donors (Lipinski definition) is 0. The van der Waals surface area contributed by atoms with Gasteiger partial charge in [-0.1, -0.05) is 73.2 Å². The minimum absolute atomic E-state index is 0.885. The van der Waals surface area contributed by atoms with Crippen molar-refractivity contribution >= 4 is 7.28 Å². The molecule has 0 fully saturated rings. The van der Waals surface area contributed by atoms with E-state index < -0.39 is 0 Å². The van der Waals surface area contributed by atoms with Crippen LogP contribution >= 0.6 is 0 Å². The predicted octanol–water partition coefficient (Wildman–Crippen LogP) is 3.32. The zero-order valence-electron chi connectivity index (χ0n) is 8.87. The average Bonchev–Trinajstić information content (AvgIpc) is 2.22. The minimum atomic E-state index is 0.885. The largest absolute Gasteiger partial charge is 0.191 e. The van der Waals surface area contributed by atoms with Crippen LogP contribution in [0.4, 0.5) is 0 Å². The van der Waals surface area contributed by atoms with E-state index in [1.54, 1.807) is 12.2 Å². The van der Waals surface area contributed by atoms with Crippen molar-refractivity contribution in [1.82, 2.24) is 0 Å². The molecule has 72 valence electrons. The number of allylic oxidation sites excluding steroid dienone is 9. The fourth-order valence-corrected chi connectivity index (χ4v) is 1.04. The van der Waals surface area contributed by atoms with Crippen LogP contribution in [0.15, 0.2) is 73.2 Å². The standard InChI is InChI=1S/C13H17B/c1-5-9-11-13(10-6-2)14-12(7-3)8-4/h5-11,14H,1-3H2,4H3/b11-9-,12-8+,13-10+. The van der Waals surface area contributed by atoms with Crippen molar-refractivity contribution in [2.24, 2.45) is 0 Å². The summed E-state index contributed by atoms with van der Waals surface area (Å²) in [5, 5.41) is 0. The molecule has 0 aromatic heterocycles. The maximum atomic E-state index is 3.76. The van der Waals surface area contributed by atoms with Crippen LogP contribution in [0.25, 0.3) is 0 Å². The molecule has 0 aliphatic heterocycles. The van der Waals surface area contributed by atoms with E-state index in [-0.39, 0.29) is 0 Å². The lowest BCUT2D eigenvalue weighted by Gasteiger charge is -1.99. The van der Waals surface area contributed by atoms with Crippen LogP contribution in [-0.2, 0) is 0 Å². The Morgan fingerprint density at radius 3 is 2.21 bits per heavy atom. The van der Waals surface area contributed by atoms with Gasteiger partial charge in [-0.3, -0.25) is 0 Å². The van der Waals surface area contributed by atoms with Gasteiger partial charge in [0, 0.05) is 0 Å². The minimum Gasteiger partial charge on any atom is -0.0996 e. The van der Waals surface area contributed by atoms with Crippen LogP contribution in [0.3, 0.4) is 0 Å². The molecule has 0 nitrogen and oxygen atoms in total. The molecule has 0 aliphatic carbocycles. The van der Waals surface area contributed by atoms with Crippen LogP contribution < -0.4 is 0 Å². The van der Waals surface area contributed by atoms with Crippen LogP contribution in [-0.4, -0.2) is 7.28 Å². The van der Waals surface area contributed by atoms with Crippen molar-refractivity contribution in [2.45, 2.75) is 6.92 Å². The van der Waals surface area contributed by atoms with Gasteiger partial charge in [-0.25, -0.2) is 0 Å². The molecule has 0 saturated carbocycles. The van der Waals surface area contributed by atoms with Crippen molar-refractivity contribution in [3.05, 3.63) is 73.2 Å². The third kappa shape index (κ3) is 5.20. The Hall–Kier alpha value is -1.50. The smallest absolute Gasteiger partial charge is 0.0996 e. The normalized spacial score (nSPS) is 12.6. The van der Waals surface area contributed by atoms with E-state index in [2.05, 4.69) is 25.8 Å². The Morgan fingerprint density at radius 2 is 1.79 bits per heavy atom. The van der Waals surface area contributed by atoms with Crippen LogP contribution in [0.5, 0.6) is 0 Å². The van der Waals surface area contributed by atoms with E-state index in [1.165, 1.54) is 10.9 Å². The highest BCUT2D eigenvalue weighted by molar-refractivity contribution is 6.55. The van der Waals surface area contributed by atoms with Gasteiger partial charge in [-0.2, -0.15) is 0 Å². The first-order valence-electron chi connectivity index (χ1n) is 4.66. The van der Waals surface area contributed by atoms with Crippen molar-refractivity contribution < 1.29 is 0 Å². The molecule has 0 heterocycles. The maximum absolute atomic E-state index is 3.76. The summed E-state index contributed by atoms with van der Waals surface area (Å²) in [4.78, 5) is 0. The van der Waals surface area contributed by atoms with E-state index in [0.29, 0.717) is 0 Å². The average molecular weight is 184 g/mol. The fraction of sp³-hybridized carbons (Fsp3) is 0.0769. The summed E-state index contributed by atoms with van der Waals surface area (Å²) < 4.78 is 0. The summed E-state index contributed by atoms with van der Waals surface area (Å²) in [6.07, 6.45) is 13.4. The summed E-state index contributed by atoms with van der Waals surface area (Å²) in [6.45, 7) is 13.1. The quantitative estimate of drug-likeness (QED) is 0.438. The first kappa shape index (κ1) is 12.5. The van der Waals surface area contributed by atoms with Gasteiger partial charge in [-0.15, -0.1) is 0 Å². The molecule has 0 radical (unpaired) electrons. The monoisotopic (exact) mass is 184 g/mol. The summed E-state index contributed by atoms with van der Waals surface area (Å²) in [5.41, 5.74) is 2.42. The Balaban J connectivity index is 4.60. The lowest BCUT2D eigenvalue weighted by Crippen LogP contribution is -1.96. The highest BCUT2D eigenvalue weighted by atomic mass is 13.8. The van der Waals surface area contributed by atoms with Crippen molar-refractivity contribution in [3.8, 4) is 0 Å². The molecule has 0 unspecified atom stereocenters. The summed E-state index contributed by atoms with van der Waals surface area (Å²) in [7, 11) is 0.885. The van der Waals surface area contributed by atoms with Crippen molar-refractivity contribution in [3.63, 3.8) is 0 Å². The topological polar surface area (TPSA) is 0 Å². The molecule has 0 aliphatic rings.